The van der Waals surface area contributed by atoms with Crippen LogP contribution in [-0.2, 0) is 6.42 Å². The van der Waals surface area contributed by atoms with Crippen molar-refractivity contribution in [2.75, 3.05) is 5.73 Å². The van der Waals surface area contributed by atoms with Crippen LogP contribution in [0.25, 0.3) is 11.3 Å². The maximum Gasteiger partial charge on any atom is 0.131 e. The number of rotatable bonds is 2. The lowest BCUT2D eigenvalue weighted by atomic mass is 10.1. The van der Waals surface area contributed by atoms with Crippen molar-refractivity contribution in [1.29, 1.82) is 0 Å². The molecule has 17 heavy (non-hydrogen) atoms. The van der Waals surface area contributed by atoms with Crippen molar-refractivity contribution >= 4 is 5.82 Å². The number of hydrogen-bond acceptors (Lipinski definition) is 4. The average molecular weight is 228 g/mol. The van der Waals surface area contributed by atoms with Gasteiger partial charge in [-0.3, -0.25) is 4.98 Å². The number of anilines is 1. The highest BCUT2D eigenvalue weighted by Crippen LogP contribution is 2.24. The highest BCUT2D eigenvalue weighted by atomic mass is 15.0. The molecule has 0 aromatic carbocycles. The smallest absolute Gasteiger partial charge is 0.131 e. The average Bonchev–Trinajstić information content (AvgIpc) is 2.32. The molecule has 0 spiro atoms. The van der Waals surface area contributed by atoms with Crippen molar-refractivity contribution in [2.45, 2.75) is 27.2 Å². The Morgan fingerprint density at radius 3 is 2.59 bits per heavy atom. The molecule has 2 heterocycles. The Bertz CT molecular complexity index is 549. The molecule has 4 heteroatoms. The Morgan fingerprint density at radius 1 is 1.18 bits per heavy atom. The van der Waals surface area contributed by atoms with Crippen molar-refractivity contribution in [2.24, 2.45) is 0 Å². The highest BCUT2D eigenvalue weighted by Gasteiger charge is 2.10. The van der Waals surface area contributed by atoms with E-state index >= 15 is 0 Å². The molecule has 4 nitrogen and oxygen atoms in total. The summed E-state index contributed by atoms with van der Waals surface area (Å²) in [6.45, 7) is 5.96. The van der Waals surface area contributed by atoms with Crippen LogP contribution in [-0.4, -0.2) is 15.0 Å². The number of aryl methyl sites for hydroxylation is 2. The Morgan fingerprint density at radius 2 is 1.94 bits per heavy atom. The van der Waals surface area contributed by atoms with Gasteiger partial charge in [0, 0.05) is 29.9 Å². The molecule has 0 saturated heterocycles. The van der Waals surface area contributed by atoms with Crippen molar-refractivity contribution in [1.82, 2.24) is 15.0 Å². The van der Waals surface area contributed by atoms with E-state index in [1.54, 1.807) is 6.20 Å². The first-order valence-electron chi connectivity index (χ1n) is 5.66. The van der Waals surface area contributed by atoms with E-state index in [0.29, 0.717) is 5.82 Å². The first-order valence-corrected chi connectivity index (χ1v) is 5.66. The van der Waals surface area contributed by atoms with Crippen LogP contribution < -0.4 is 5.73 Å². The van der Waals surface area contributed by atoms with E-state index in [1.165, 1.54) is 0 Å². The largest absolute Gasteiger partial charge is 0.383 e. The van der Waals surface area contributed by atoms with Crippen molar-refractivity contribution in [3.63, 3.8) is 0 Å². The first-order chi connectivity index (χ1) is 8.11. The fourth-order valence-corrected chi connectivity index (χ4v) is 1.71. The molecule has 2 rings (SSSR count). The van der Waals surface area contributed by atoms with Crippen LogP contribution in [0.1, 0.15) is 23.9 Å². The summed E-state index contributed by atoms with van der Waals surface area (Å²) >= 11 is 0. The van der Waals surface area contributed by atoms with Crippen LogP contribution in [0.4, 0.5) is 5.82 Å². The molecular weight excluding hydrogens is 212 g/mol. The third kappa shape index (κ3) is 2.25. The highest BCUT2D eigenvalue weighted by molar-refractivity contribution is 5.66. The van der Waals surface area contributed by atoms with Gasteiger partial charge >= 0.3 is 0 Å². The summed E-state index contributed by atoms with van der Waals surface area (Å²) in [6, 6.07) is 2.06. The Hall–Kier alpha value is -1.97. The molecule has 2 aromatic heterocycles. The maximum absolute atomic E-state index is 5.90. The lowest BCUT2D eigenvalue weighted by Gasteiger charge is -2.09. The Labute approximate surface area is 101 Å². The van der Waals surface area contributed by atoms with Gasteiger partial charge in [0.05, 0.1) is 5.69 Å². The van der Waals surface area contributed by atoms with Gasteiger partial charge in [0.25, 0.3) is 0 Å². The number of pyridine rings is 1. The predicted molar refractivity (Wildman–Crippen MR) is 68.5 cm³/mol. The van der Waals surface area contributed by atoms with Gasteiger partial charge in [-0.2, -0.15) is 0 Å². The third-order valence-corrected chi connectivity index (χ3v) is 2.69. The van der Waals surface area contributed by atoms with Crippen molar-refractivity contribution in [3.05, 3.63) is 35.4 Å². The van der Waals surface area contributed by atoms with E-state index in [2.05, 4.69) is 21.0 Å². The number of nitrogens with zero attached hydrogens (tertiary/aromatic N) is 3. The van der Waals surface area contributed by atoms with Gasteiger partial charge < -0.3 is 5.73 Å². The van der Waals surface area contributed by atoms with Gasteiger partial charge in [-0.1, -0.05) is 6.92 Å². The molecule has 0 atom stereocenters. The molecule has 88 valence electrons. The van der Waals surface area contributed by atoms with Gasteiger partial charge in [0.15, 0.2) is 0 Å². The molecular formula is C13H16N4. The van der Waals surface area contributed by atoms with Crippen LogP contribution in [0, 0.1) is 13.8 Å². The zero-order chi connectivity index (χ0) is 12.4. The molecule has 0 saturated carbocycles. The summed E-state index contributed by atoms with van der Waals surface area (Å²) in [5.74, 6) is 1.32. The molecule has 2 N–H and O–H groups in total. The zero-order valence-corrected chi connectivity index (χ0v) is 10.4. The molecule has 0 radical (unpaired) electrons. The fraction of sp³-hybridized carbons (Fsp3) is 0.308. The zero-order valence-electron chi connectivity index (χ0n) is 10.4. The molecule has 0 amide bonds. The molecule has 0 aliphatic carbocycles. The quantitative estimate of drug-likeness (QED) is 0.856. The van der Waals surface area contributed by atoms with Crippen molar-refractivity contribution in [3.8, 4) is 11.3 Å². The number of nitrogen functional groups attached to an aromatic ring is 1. The van der Waals surface area contributed by atoms with E-state index < -0.39 is 0 Å². The van der Waals surface area contributed by atoms with Gasteiger partial charge in [-0.15, -0.1) is 0 Å². The summed E-state index contributed by atoms with van der Waals surface area (Å²) in [5.41, 5.74) is 9.79. The summed E-state index contributed by atoms with van der Waals surface area (Å²) in [4.78, 5) is 13.0. The summed E-state index contributed by atoms with van der Waals surface area (Å²) in [6.07, 6.45) is 4.40. The van der Waals surface area contributed by atoms with Crippen LogP contribution >= 0.6 is 0 Å². The van der Waals surface area contributed by atoms with E-state index in [0.717, 1.165) is 34.6 Å². The summed E-state index contributed by atoms with van der Waals surface area (Å²) < 4.78 is 0. The second-order valence-corrected chi connectivity index (χ2v) is 4.10. The summed E-state index contributed by atoms with van der Waals surface area (Å²) in [7, 11) is 0. The van der Waals surface area contributed by atoms with Gasteiger partial charge in [0.1, 0.15) is 11.6 Å². The second-order valence-electron chi connectivity index (χ2n) is 4.10. The number of hydrogen-bond donors (Lipinski definition) is 1. The predicted octanol–water partition coefficient (Wildman–Crippen LogP) is 2.30. The lowest BCUT2D eigenvalue weighted by Crippen LogP contribution is -2.04. The normalized spacial score (nSPS) is 10.5. The van der Waals surface area contributed by atoms with Crippen LogP contribution in [0.2, 0.25) is 0 Å². The first kappa shape index (κ1) is 11.5. The molecule has 2 aromatic rings. The lowest BCUT2D eigenvalue weighted by molar-refractivity contribution is 0.939. The van der Waals surface area contributed by atoms with E-state index in [-0.39, 0.29) is 0 Å². The van der Waals surface area contributed by atoms with E-state index in [4.69, 9.17) is 5.73 Å². The minimum atomic E-state index is 0.549. The Balaban J connectivity index is 2.62. The molecule has 0 bridgehead atoms. The minimum absolute atomic E-state index is 0.549. The van der Waals surface area contributed by atoms with E-state index in [9.17, 15) is 0 Å². The minimum Gasteiger partial charge on any atom is -0.383 e. The number of aromatic nitrogens is 3. The Kier molecular flexibility index (Phi) is 3.04. The van der Waals surface area contributed by atoms with Gasteiger partial charge in [-0.05, 0) is 25.5 Å². The summed E-state index contributed by atoms with van der Waals surface area (Å²) in [5, 5.41) is 0. The topological polar surface area (TPSA) is 64.7 Å². The molecule has 0 aliphatic rings. The number of nitrogens with two attached hydrogens (primary N) is 1. The van der Waals surface area contributed by atoms with Crippen molar-refractivity contribution < 1.29 is 0 Å². The SMILES string of the molecule is CCc1nc(N)c(C)c(-c2cncc(C)c2)n1. The third-order valence-electron chi connectivity index (χ3n) is 2.69. The van der Waals surface area contributed by atoms with E-state index in [1.807, 2.05) is 27.0 Å². The standard InChI is InChI=1S/C13H16N4/c1-4-11-16-12(9(3)13(14)17-11)10-5-8(2)6-15-7-10/h5-7H,4H2,1-3H3,(H2,14,16,17). The fourth-order valence-electron chi connectivity index (χ4n) is 1.71. The molecule has 0 unspecified atom stereocenters. The van der Waals surface area contributed by atoms with Crippen LogP contribution in [0.15, 0.2) is 18.5 Å². The maximum atomic E-state index is 5.90. The van der Waals surface area contributed by atoms with Gasteiger partial charge in [-0.25, -0.2) is 9.97 Å². The molecule has 0 fully saturated rings. The second kappa shape index (κ2) is 4.49. The van der Waals surface area contributed by atoms with Gasteiger partial charge in [0.2, 0.25) is 0 Å². The molecule has 0 aliphatic heterocycles. The van der Waals surface area contributed by atoms with Crippen LogP contribution in [0.3, 0.4) is 0 Å². The van der Waals surface area contributed by atoms with Crippen LogP contribution in [0.5, 0.6) is 0 Å². The monoisotopic (exact) mass is 228 g/mol.